The maximum atomic E-state index is 13.4. The molecule has 3 aliphatic rings. The molecular weight excluding hydrogens is 394 g/mol. The minimum Gasteiger partial charge on any atom is -0.497 e. The number of rotatable bonds is 5. The maximum absolute atomic E-state index is 13.4. The Hall–Kier alpha value is -2.67. The predicted molar refractivity (Wildman–Crippen MR) is 114 cm³/mol. The zero-order valence-corrected chi connectivity index (χ0v) is 18.0. The summed E-state index contributed by atoms with van der Waals surface area (Å²) in [6.07, 6.45) is 8.61. The smallest absolute Gasteiger partial charge is 0.316 e. The summed E-state index contributed by atoms with van der Waals surface area (Å²) in [6, 6.07) is 10.2. The minimum atomic E-state index is -0.347. The number of benzene rings is 1. The van der Waals surface area contributed by atoms with E-state index in [-0.39, 0.29) is 23.0 Å². The highest BCUT2D eigenvalue weighted by Gasteiger charge is 2.54. The SMILES string of the molecule is COc1ccc(C2(C(=O)N3CCC4(CC3)CC(Oc3ncccn3)CCO4)CC2)cc1. The van der Waals surface area contributed by atoms with Gasteiger partial charge in [-0.15, -0.1) is 0 Å². The lowest BCUT2D eigenvalue weighted by atomic mass is 9.82. The fourth-order valence-electron chi connectivity index (χ4n) is 5.01. The van der Waals surface area contributed by atoms with E-state index in [1.54, 1.807) is 25.6 Å². The Balaban J connectivity index is 1.21. The standard InChI is InChI=1S/C24H29N3O4/c1-29-19-5-3-18(4-6-19)24(8-9-24)21(28)27-14-10-23(11-15-27)17-20(7-16-30-23)31-22-25-12-2-13-26-22/h2-6,12-13,20H,7-11,14-17H2,1H3. The molecule has 1 spiro atoms. The second kappa shape index (κ2) is 8.11. The van der Waals surface area contributed by atoms with Crippen LogP contribution in [-0.2, 0) is 14.9 Å². The molecule has 164 valence electrons. The summed E-state index contributed by atoms with van der Waals surface area (Å²) < 4.78 is 17.5. The van der Waals surface area contributed by atoms with Gasteiger partial charge in [-0.2, -0.15) is 0 Å². The number of methoxy groups -OCH3 is 1. The largest absolute Gasteiger partial charge is 0.497 e. The van der Waals surface area contributed by atoms with E-state index >= 15 is 0 Å². The lowest BCUT2D eigenvalue weighted by molar-refractivity contribution is -0.153. The summed E-state index contributed by atoms with van der Waals surface area (Å²) in [5.41, 5.74) is 0.537. The molecule has 2 saturated heterocycles. The second-order valence-electron chi connectivity index (χ2n) is 8.90. The van der Waals surface area contributed by atoms with E-state index in [0.29, 0.717) is 12.6 Å². The number of amides is 1. The molecule has 1 atom stereocenters. The van der Waals surface area contributed by atoms with Crippen LogP contribution >= 0.6 is 0 Å². The topological polar surface area (TPSA) is 73.8 Å². The van der Waals surface area contributed by atoms with Gasteiger partial charge in [0.05, 0.1) is 24.7 Å². The lowest BCUT2D eigenvalue weighted by Gasteiger charge is -2.46. The number of likely N-dealkylation sites (tertiary alicyclic amines) is 1. The first-order chi connectivity index (χ1) is 15.1. The first kappa shape index (κ1) is 20.2. The summed E-state index contributed by atoms with van der Waals surface area (Å²) >= 11 is 0. The van der Waals surface area contributed by atoms with Crippen LogP contribution in [0.15, 0.2) is 42.7 Å². The van der Waals surface area contributed by atoms with Gasteiger partial charge in [-0.05, 0) is 49.4 Å². The maximum Gasteiger partial charge on any atom is 0.316 e. The Morgan fingerprint density at radius 1 is 1.10 bits per heavy atom. The van der Waals surface area contributed by atoms with Crippen molar-refractivity contribution in [2.45, 2.75) is 55.6 Å². The Kier molecular flexibility index (Phi) is 5.30. The van der Waals surface area contributed by atoms with Gasteiger partial charge in [0.1, 0.15) is 11.9 Å². The van der Waals surface area contributed by atoms with Gasteiger partial charge < -0.3 is 19.1 Å². The molecule has 1 amide bonds. The molecule has 0 radical (unpaired) electrons. The van der Waals surface area contributed by atoms with Gasteiger partial charge in [-0.1, -0.05) is 12.1 Å². The van der Waals surface area contributed by atoms with E-state index in [2.05, 4.69) is 9.97 Å². The molecule has 7 heteroatoms. The Morgan fingerprint density at radius 3 is 2.45 bits per heavy atom. The van der Waals surface area contributed by atoms with Crippen molar-refractivity contribution in [3.8, 4) is 11.8 Å². The van der Waals surface area contributed by atoms with Crippen molar-refractivity contribution < 1.29 is 19.0 Å². The summed E-state index contributed by atoms with van der Waals surface area (Å²) in [5, 5.41) is 0. The molecule has 0 N–H and O–H groups in total. The van der Waals surface area contributed by atoms with Crippen molar-refractivity contribution in [3.63, 3.8) is 0 Å². The van der Waals surface area contributed by atoms with Gasteiger partial charge in [-0.25, -0.2) is 9.97 Å². The summed E-state index contributed by atoms with van der Waals surface area (Å²) in [5.74, 6) is 1.08. The van der Waals surface area contributed by atoms with E-state index < -0.39 is 0 Å². The molecule has 1 unspecified atom stereocenters. The van der Waals surface area contributed by atoms with Crippen molar-refractivity contribution in [1.82, 2.24) is 14.9 Å². The third kappa shape index (κ3) is 3.99. The molecule has 31 heavy (non-hydrogen) atoms. The molecule has 2 aromatic rings. The molecule has 2 aliphatic heterocycles. The summed E-state index contributed by atoms with van der Waals surface area (Å²) in [6.45, 7) is 2.12. The predicted octanol–water partition coefficient (Wildman–Crippen LogP) is 3.14. The Morgan fingerprint density at radius 2 is 1.81 bits per heavy atom. The Labute approximate surface area is 182 Å². The molecule has 1 aliphatic carbocycles. The zero-order valence-electron chi connectivity index (χ0n) is 18.0. The first-order valence-electron chi connectivity index (χ1n) is 11.1. The highest BCUT2D eigenvalue weighted by molar-refractivity contribution is 5.91. The molecule has 3 fully saturated rings. The van der Waals surface area contributed by atoms with Crippen LogP contribution in [0.1, 0.15) is 44.1 Å². The van der Waals surface area contributed by atoms with Gasteiger partial charge in [0.25, 0.3) is 0 Å². The average molecular weight is 424 g/mol. The molecular formula is C24H29N3O4. The van der Waals surface area contributed by atoms with Crippen LogP contribution in [0, 0.1) is 0 Å². The second-order valence-corrected chi connectivity index (χ2v) is 8.90. The fraction of sp³-hybridized carbons (Fsp3) is 0.542. The monoisotopic (exact) mass is 423 g/mol. The number of carbonyl (C=O) groups is 1. The van der Waals surface area contributed by atoms with Crippen LogP contribution in [-0.4, -0.2) is 59.3 Å². The zero-order chi connectivity index (χ0) is 21.3. The third-order valence-electron chi connectivity index (χ3n) is 7.03. The van der Waals surface area contributed by atoms with Crippen molar-refractivity contribution in [2.24, 2.45) is 0 Å². The Bertz CT molecular complexity index is 906. The number of carbonyl (C=O) groups excluding carboxylic acids is 1. The van der Waals surface area contributed by atoms with Crippen LogP contribution in [0.25, 0.3) is 0 Å². The van der Waals surface area contributed by atoms with Crippen molar-refractivity contribution in [3.05, 3.63) is 48.3 Å². The number of hydrogen-bond acceptors (Lipinski definition) is 6. The van der Waals surface area contributed by atoms with E-state index in [9.17, 15) is 4.79 Å². The average Bonchev–Trinajstić information content (AvgIpc) is 3.62. The van der Waals surface area contributed by atoms with Crippen LogP contribution in [0.4, 0.5) is 0 Å². The highest BCUT2D eigenvalue weighted by atomic mass is 16.5. The first-order valence-corrected chi connectivity index (χ1v) is 11.1. The van der Waals surface area contributed by atoms with E-state index in [1.165, 1.54) is 0 Å². The molecule has 0 bridgehead atoms. The minimum absolute atomic E-state index is 0.0486. The van der Waals surface area contributed by atoms with E-state index in [4.69, 9.17) is 14.2 Å². The van der Waals surface area contributed by atoms with Crippen LogP contribution in [0.3, 0.4) is 0 Å². The van der Waals surface area contributed by atoms with E-state index in [1.807, 2.05) is 29.2 Å². The molecule has 1 saturated carbocycles. The number of ether oxygens (including phenoxy) is 3. The molecule has 1 aromatic carbocycles. The van der Waals surface area contributed by atoms with Gasteiger partial charge in [0, 0.05) is 38.3 Å². The van der Waals surface area contributed by atoms with E-state index in [0.717, 1.165) is 62.9 Å². The van der Waals surface area contributed by atoms with Crippen LogP contribution in [0.2, 0.25) is 0 Å². The number of nitrogens with zero attached hydrogens (tertiary/aromatic N) is 3. The van der Waals surface area contributed by atoms with Crippen molar-refractivity contribution >= 4 is 5.91 Å². The quantitative estimate of drug-likeness (QED) is 0.736. The number of aromatic nitrogens is 2. The van der Waals surface area contributed by atoms with Gasteiger partial charge >= 0.3 is 6.01 Å². The normalized spacial score (nSPS) is 23.9. The van der Waals surface area contributed by atoms with Gasteiger partial charge in [0.15, 0.2) is 0 Å². The van der Waals surface area contributed by atoms with Crippen LogP contribution in [0.5, 0.6) is 11.8 Å². The number of piperidine rings is 1. The van der Waals surface area contributed by atoms with Crippen molar-refractivity contribution in [2.75, 3.05) is 26.8 Å². The fourth-order valence-corrected chi connectivity index (χ4v) is 5.01. The summed E-state index contributed by atoms with van der Waals surface area (Å²) in [4.78, 5) is 23.8. The molecule has 7 nitrogen and oxygen atoms in total. The third-order valence-corrected chi connectivity index (χ3v) is 7.03. The number of hydrogen-bond donors (Lipinski definition) is 0. The van der Waals surface area contributed by atoms with Crippen molar-refractivity contribution in [1.29, 1.82) is 0 Å². The van der Waals surface area contributed by atoms with Crippen LogP contribution < -0.4 is 9.47 Å². The molecule has 1 aromatic heterocycles. The highest BCUT2D eigenvalue weighted by Crippen LogP contribution is 2.50. The lowest BCUT2D eigenvalue weighted by Crippen LogP contribution is -2.54. The molecule has 3 heterocycles. The van der Waals surface area contributed by atoms with Gasteiger partial charge in [0.2, 0.25) is 5.91 Å². The van der Waals surface area contributed by atoms with Gasteiger partial charge in [-0.3, -0.25) is 4.79 Å². The molecule has 5 rings (SSSR count). The summed E-state index contributed by atoms with van der Waals surface area (Å²) in [7, 11) is 1.66.